The maximum absolute atomic E-state index is 11.8. The third-order valence-electron chi connectivity index (χ3n) is 4.76. The lowest BCUT2D eigenvalue weighted by Crippen LogP contribution is -2.37. The summed E-state index contributed by atoms with van der Waals surface area (Å²) in [4.78, 5) is 21.2. The quantitative estimate of drug-likeness (QED) is 0.805. The molecule has 1 aromatic carbocycles. The van der Waals surface area contributed by atoms with Gasteiger partial charge in [0.15, 0.2) is 0 Å². The highest BCUT2D eigenvalue weighted by molar-refractivity contribution is 5.89. The number of carbonyl (C=O) groups excluding carboxylic acids is 1. The van der Waals surface area contributed by atoms with Gasteiger partial charge in [0.05, 0.1) is 5.52 Å². The monoisotopic (exact) mass is 310 g/mol. The molecule has 0 saturated heterocycles. The van der Waals surface area contributed by atoms with Gasteiger partial charge in [-0.15, -0.1) is 0 Å². The molecule has 2 aliphatic rings. The lowest BCUT2D eigenvalue weighted by molar-refractivity contribution is -0.127. The molecule has 2 aliphatic carbocycles. The first kappa shape index (κ1) is 14.4. The highest BCUT2D eigenvalue weighted by Gasteiger charge is 2.27. The van der Waals surface area contributed by atoms with Crippen LogP contribution in [0.1, 0.15) is 43.8 Å². The lowest BCUT2D eigenvalue weighted by atomic mass is 9.85. The number of hydrogen-bond acceptors (Lipinski definition) is 4. The van der Waals surface area contributed by atoms with E-state index >= 15 is 0 Å². The van der Waals surface area contributed by atoms with E-state index in [0.717, 1.165) is 35.4 Å². The topological polar surface area (TPSA) is 66.9 Å². The molecule has 0 radical (unpaired) electrons. The van der Waals surface area contributed by atoms with Crippen LogP contribution in [0.5, 0.6) is 0 Å². The van der Waals surface area contributed by atoms with Crippen LogP contribution >= 0.6 is 0 Å². The fourth-order valence-corrected chi connectivity index (χ4v) is 2.93. The molecule has 2 fully saturated rings. The smallest absolute Gasteiger partial charge is 0.223 e. The van der Waals surface area contributed by atoms with Crippen LogP contribution in [0.25, 0.3) is 10.9 Å². The summed E-state index contributed by atoms with van der Waals surface area (Å²) < 4.78 is 0. The number of rotatable bonds is 6. The normalized spacial score (nSPS) is 17.7. The van der Waals surface area contributed by atoms with Crippen LogP contribution < -0.4 is 10.6 Å². The Kier molecular flexibility index (Phi) is 3.85. The first-order chi connectivity index (χ1) is 11.3. The van der Waals surface area contributed by atoms with Crippen molar-refractivity contribution in [3.8, 4) is 0 Å². The molecule has 0 unspecified atom stereocenters. The zero-order chi connectivity index (χ0) is 15.6. The first-order valence-electron chi connectivity index (χ1n) is 8.59. The second kappa shape index (κ2) is 6.14. The van der Waals surface area contributed by atoms with E-state index in [4.69, 9.17) is 4.98 Å². The van der Waals surface area contributed by atoms with Crippen molar-refractivity contribution in [3.05, 3.63) is 30.1 Å². The van der Waals surface area contributed by atoms with Crippen molar-refractivity contribution in [2.24, 2.45) is 5.92 Å². The molecule has 0 aliphatic heterocycles. The summed E-state index contributed by atoms with van der Waals surface area (Å²) in [6.07, 6.45) is 5.65. The van der Waals surface area contributed by atoms with Gasteiger partial charge in [-0.25, -0.2) is 9.97 Å². The molecular formula is C18H22N4O. The van der Waals surface area contributed by atoms with E-state index in [1.165, 1.54) is 19.3 Å². The Morgan fingerprint density at radius 1 is 1.09 bits per heavy atom. The minimum atomic E-state index is 0.198. The maximum Gasteiger partial charge on any atom is 0.223 e. The van der Waals surface area contributed by atoms with Crippen molar-refractivity contribution in [3.63, 3.8) is 0 Å². The average molecular weight is 310 g/mol. The molecule has 1 amide bonds. The number of amides is 1. The van der Waals surface area contributed by atoms with Crippen LogP contribution in [0.2, 0.25) is 0 Å². The predicted octanol–water partition coefficient (Wildman–Crippen LogP) is 2.84. The summed E-state index contributed by atoms with van der Waals surface area (Å²) in [5.41, 5.74) is 0.991. The van der Waals surface area contributed by atoms with Crippen LogP contribution in [-0.4, -0.2) is 29.0 Å². The van der Waals surface area contributed by atoms with E-state index in [1.807, 2.05) is 24.3 Å². The van der Waals surface area contributed by atoms with E-state index in [2.05, 4.69) is 15.6 Å². The van der Waals surface area contributed by atoms with Gasteiger partial charge in [-0.2, -0.15) is 0 Å². The molecule has 0 bridgehead atoms. The number of aromatic nitrogens is 2. The number of hydrogen-bond donors (Lipinski definition) is 2. The fourth-order valence-electron chi connectivity index (χ4n) is 2.93. The van der Waals surface area contributed by atoms with Crippen LogP contribution in [-0.2, 0) is 4.79 Å². The largest absolute Gasteiger partial charge is 0.368 e. The van der Waals surface area contributed by atoms with Gasteiger partial charge in [-0.05, 0) is 37.8 Å². The van der Waals surface area contributed by atoms with Gasteiger partial charge in [0.1, 0.15) is 11.6 Å². The minimum absolute atomic E-state index is 0.198. The molecule has 120 valence electrons. The second-order valence-corrected chi connectivity index (χ2v) is 6.57. The summed E-state index contributed by atoms with van der Waals surface area (Å²) in [6.45, 7) is 1.32. The molecule has 2 saturated carbocycles. The van der Waals surface area contributed by atoms with Crippen molar-refractivity contribution >= 4 is 22.6 Å². The van der Waals surface area contributed by atoms with Gasteiger partial charge in [0.2, 0.25) is 5.91 Å². The Labute approximate surface area is 135 Å². The van der Waals surface area contributed by atoms with Crippen LogP contribution in [0.3, 0.4) is 0 Å². The number of nitrogens with zero attached hydrogens (tertiary/aromatic N) is 2. The van der Waals surface area contributed by atoms with Crippen LogP contribution in [0.15, 0.2) is 24.3 Å². The SMILES string of the molecule is O=C(NCCNc1nc(C2CC2)nc2ccccc12)C1CCC1. The van der Waals surface area contributed by atoms with E-state index in [0.29, 0.717) is 19.0 Å². The fraction of sp³-hybridized carbons (Fsp3) is 0.500. The van der Waals surface area contributed by atoms with E-state index in [-0.39, 0.29) is 11.8 Å². The third kappa shape index (κ3) is 3.14. The average Bonchev–Trinajstić information content (AvgIpc) is 3.34. The molecule has 23 heavy (non-hydrogen) atoms. The van der Waals surface area contributed by atoms with Gasteiger partial charge >= 0.3 is 0 Å². The van der Waals surface area contributed by atoms with Gasteiger partial charge < -0.3 is 10.6 Å². The van der Waals surface area contributed by atoms with Crippen LogP contribution in [0, 0.1) is 5.92 Å². The van der Waals surface area contributed by atoms with Crippen molar-refractivity contribution < 1.29 is 4.79 Å². The number of fused-ring (bicyclic) bond motifs is 1. The predicted molar refractivity (Wildman–Crippen MR) is 90.4 cm³/mol. The minimum Gasteiger partial charge on any atom is -0.368 e. The molecule has 4 rings (SSSR count). The number of para-hydroxylation sites is 1. The highest BCUT2D eigenvalue weighted by atomic mass is 16.1. The first-order valence-corrected chi connectivity index (χ1v) is 8.59. The Bertz CT molecular complexity index is 722. The van der Waals surface area contributed by atoms with E-state index < -0.39 is 0 Å². The summed E-state index contributed by atoms with van der Waals surface area (Å²) >= 11 is 0. The molecule has 2 aromatic rings. The van der Waals surface area contributed by atoms with Crippen molar-refractivity contribution in [1.29, 1.82) is 0 Å². The van der Waals surface area contributed by atoms with E-state index in [9.17, 15) is 4.79 Å². The molecular weight excluding hydrogens is 288 g/mol. The number of carbonyl (C=O) groups is 1. The van der Waals surface area contributed by atoms with E-state index in [1.54, 1.807) is 0 Å². The number of nitrogens with one attached hydrogen (secondary N) is 2. The number of benzene rings is 1. The van der Waals surface area contributed by atoms with Gasteiger partial charge in [-0.1, -0.05) is 18.6 Å². The second-order valence-electron chi connectivity index (χ2n) is 6.57. The molecule has 5 nitrogen and oxygen atoms in total. The van der Waals surface area contributed by atoms with Gasteiger partial charge in [0, 0.05) is 30.3 Å². The van der Waals surface area contributed by atoms with Gasteiger partial charge in [-0.3, -0.25) is 4.79 Å². The zero-order valence-corrected chi connectivity index (χ0v) is 13.2. The summed E-state index contributed by atoms with van der Waals surface area (Å²) in [6, 6.07) is 8.09. The van der Waals surface area contributed by atoms with Crippen molar-refractivity contribution in [2.45, 2.75) is 38.0 Å². The maximum atomic E-state index is 11.8. The Hall–Kier alpha value is -2.17. The zero-order valence-electron chi connectivity index (χ0n) is 13.2. The van der Waals surface area contributed by atoms with Gasteiger partial charge in [0.25, 0.3) is 0 Å². The molecule has 2 N–H and O–H groups in total. The molecule has 0 atom stereocenters. The Balaban J connectivity index is 1.42. The summed E-state index contributed by atoms with van der Waals surface area (Å²) in [7, 11) is 0. The summed E-state index contributed by atoms with van der Waals surface area (Å²) in [5.74, 6) is 2.80. The Morgan fingerprint density at radius 3 is 2.65 bits per heavy atom. The summed E-state index contributed by atoms with van der Waals surface area (Å²) in [5, 5.41) is 7.43. The molecule has 1 heterocycles. The molecule has 1 aromatic heterocycles. The van der Waals surface area contributed by atoms with Crippen LogP contribution in [0.4, 0.5) is 5.82 Å². The Morgan fingerprint density at radius 2 is 1.91 bits per heavy atom. The highest BCUT2D eigenvalue weighted by Crippen LogP contribution is 2.39. The molecule has 5 heteroatoms. The standard InChI is InChI=1S/C18H22N4O/c23-18(13-4-3-5-13)20-11-10-19-17-14-6-1-2-7-15(14)21-16(22-17)12-8-9-12/h1-2,6-7,12-13H,3-5,8-11H2,(H,20,23)(H,19,21,22). The third-order valence-corrected chi connectivity index (χ3v) is 4.76. The lowest BCUT2D eigenvalue weighted by Gasteiger charge is -2.24. The van der Waals surface area contributed by atoms with Crippen molar-refractivity contribution in [2.75, 3.05) is 18.4 Å². The molecule has 0 spiro atoms. The van der Waals surface area contributed by atoms with Crippen molar-refractivity contribution in [1.82, 2.24) is 15.3 Å². The number of anilines is 1.